The fraction of sp³-hybridized carbons (Fsp3) is 0.190. The molecule has 3 rings (SSSR count). The van der Waals surface area contributed by atoms with Gasteiger partial charge in [0.2, 0.25) is 10.0 Å². The summed E-state index contributed by atoms with van der Waals surface area (Å²) in [5, 5.41) is 5.29. The van der Waals surface area contributed by atoms with Crippen LogP contribution in [0.4, 0.5) is 5.82 Å². The highest BCUT2D eigenvalue weighted by atomic mass is 79.9. The minimum Gasteiger partial charge on any atom is -0.383 e. The molecule has 3 aromatic rings. The summed E-state index contributed by atoms with van der Waals surface area (Å²) in [5.41, 5.74) is 7.12. The molecule has 0 spiro atoms. The van der Waals surface area contributed by atoms with Gasteiger partial charge in [-0.1, -0.05) is 51.3 Å². The number of sulfonamides is 1. The summed E-state index contributed by atoms with van der Waals surface area (Å²) in [6.07, 6.45) is 0.392. The molecule has 180 valence electrons. The molecule has 0 unspecified atom stereocenters. The first-order valence-corrected chi connectivity index (χ1v) is 12.8. The summed E-state index contributed by atoms with van der Waals surface area (Å²) in [5.74, 6) is 0.686. The molecule has 0 bridgehead atoms. The van der Waals surface area contributed by atoms with Crippen LogP contribution in [0.3, 0.4) is 0 Å². The van der Waals surface area contributed by atoms with Crippen LogP contribution >= 0.6 is 39.1 Å². The third kappa shape index (κ3) is 6.16. The molecule has 0 radical (unpaired) electrons. The maximum atomic E-state index is 12.9. The predicted molar refractivity (Wildman–Crippen MR) is 138 cm³/mol. The quantitative estimate of drug-likeness (QED) is 0.298. The molecule has 0 atom stereocenters. The van der Waals surface area contributed by atoms with Gasteiger partial charge in [0, 0.05) is 40.6 Å². The topological polar surface area (TPSA) is 148 Å². The van der Waals surface area contributed by atoms with Gasteiger partial charge in [-0.15, -0.1) is 0 Å². The third-order valence-electron chi connectivity index (χ3n) is 4.76. The number of amidine groups is 1. The number of aliphatic imine (C=N–C) groups is 1. The normalized spacial score (nSPS) is 12.1. The molecular weight excluding hydrogens is 567 g/mol. The van der Waals surface area contributed by atoms with Gasteiger partial charge < -0.3 is 15.6 Å². The summed E-state index contributed by atoms with van der Waals surface area (Å²) in [7, 11) is -0.588. The van der Waals surface area contributed by atoms with Gasteiger partial charge in [-0.3, -0.25) is 9.79 Å². The van der Waals surface area contributed by atoms with E-state index in [1.807, 2.05) is 24.3 Å². The van der Waals surface area contributed by atoms with Crippen molar-refractivity contribution in [3.63, 3.8) is 0 Å². The Hall–Kier alpha value is -2.44. The van der Waals surface area contributed by atoms with Gasteiger partial charge in [0.25, 0.3) is 5.56 Å². The van der Waals surface area contributed by atoms with Crippen LogP contribution in [-0.4, -0.2) is 43.2 Å². The Labute approximate surface area is 215 Å². The second kappa shape index (κ2) is 10.4. The van der Waals surface area contributed by atoms with Gasteiger partial charge in [0.15, 0.2) is 0 Å². The molecule has 2 aromatic carbocycles. The largest absolute Gasteiger partial charge is 0.383 e. The zero-order valence-corrected chi connectivity index (χ0v) is 22.1. The Bertz CT molecular complexity index is 1400. The first kappa shape index (κ1) is 26.2. The second-order valence-corrected chi connectivity index (χ2v) is 10.8. The van der Waals surface area contributed by atoms with Crippen LogP contribution in [-0.2, 0) is 23.0 Å². The first-order valence-electron chi connectivity index (χ1n) is 9.72. The zero-order valence-electron chi connectivity index (χ0n) is 18.1. The maximum absolute atomic E-state index is 12.9. The van der Waals surface area contributed by atoms with Crippen LogP contribution in [0.2, 0.25) is 10.0 Å². The number of hydrogen-bond acceptors (Lipinski definition) is 6. The predicted octanol–water partition coefficient (Wildman–Crippen LogP) is 3.17. The lowest BCUT2D eigenvalue weighted by Crippen LogP contribution is -2.32. The lowest BCUT2D eigenvalue weighted by Gasteiger charge is -2.17. The Balaban J connectivity index is 1.96. The molecule has 0 fully saturated rings. The summed E-state index contributed by atoms with van der Waals surface area (Å²) in [4.78, 5) is 25.9. The van der Waals surface area contributed by atoms with E-state index in [1.54, 1.807) is 19.0 Å². The third-order valence-corrected chi connectivity index (χ3v) is 6.85. The summed E-state index contributed by atoms with van der Waals surface area (Å²) >= 11 is 15.8. The van der Waals surface area contributed by atoms with Gasteiger partial charge in [-0.05, 0) is 29.8 Å². The number of nitrogen functional groups attached to an aromatic ring is 1. The highest BCUT2D eigenvalue weighted by molar-refractivity contribution is 9.10. The fourth-order valence-electron chi connectivity index (χ4n) is 3.13. The average Bonchev–Trinajstić information content (AvgIpc) is 2.72. The Morgan fingerprint density at radius 2 is 1.76 bits per heavy atom. The average molecular weight is 588 g/mol. The number of H-pyrrole nitrogens is 1. The molecule has 0 aliphatic rings. The van der Waals surface area contributed by atoms with Gasteiger partial charge in [0.1, 0.15) is 23.0 Å². The highest BCUT2D eigenvalue weighted by Crippen LogP contribution is 2.29. The molecule has 1 aromatic heterocycles. The number of hydrogen-bond donors (Lipinski definition) is 3. The van der Waals surface area contributed by atoms with Crippen molar-refractivity contribution in [3.05, 3.63) is 83.8 Å². The van der Waals surface area contributed by atoms with Crippen molar-refractivity contribution in [2.45, 2.75) is 17.9 Å². The number of benzene rings is 2. The fourth-order valence-corrected chi connectivity index (χ4v) is 4.69. The summed E-state index contributed by atoms with van der Waals surface area (Å²) < 4.78 is 24.1. The van der Waals surface area contributed by atoms with Gasteiger partial charge >= 0.3 is 0 Å². The zero-order chi connectivity index (χ0) is 25.2. The van der Waals surface area contributed by atoms with Crippen molar-refractivity contribution in [2.75, 3.05) is 19.8 Å². The van der Waals surface area contributed by atoms with Gasteiger partial charge in [-0.25, -0.2) is 18.5 Å². The molecule has 0 amide bonds. The number of primary sulfonamides is 1. The molecule has 5 N–H and O–H groups in total. The van der Waals surface area contributed by atoms with Crippen molar-refractivity contribution >= 4 is 60.8 Å². The van der Waals surface area contributed by atoms with Crippen molar-refractivity contribution < 1.29 is 8.42 Å². The number of rotatable bonds is 6. The Morgan fingerprint density at radius 3 is 2.26 bits per heavy atom. The van der Waals surface area contributed by atoms with Crippen molar-refractivity contribution in [1.82, 2.24) is 14.9 Å². The number of aromatic nitrogens is 2. The smallest absolute Gasteiger partial charge is 0.264 e. The number of nitrogens with two attached hydrogens (primary N) is 2. The van der Waals surface area contributed by atoms with E-state index in [0.717, 1.165) is 10.0 Å². The number of aromatic amines is 1. The molecule has 0 saturated heterocycles. The molecule has 0 aliphatic heterocycles. The standard InChI is InChI=1S/C21H21BrCl2N6O3S/c1-30(2)20(27-10-14-15(23)8-13(9-16(14)24)34(26,32)33)18-19(25)28-17(29-21(18)31)7-11-3-5-12(22)6-4-11/h3-6,8-9H,7,10H2,1-2H3,(H2,26,32,33)(H3,25,28,29,31). The number of nitrogens with one attached hydrogen (secondary N) is 1. The van der Waals surface area contributed by atoms with Crippen LogP contribution in [0.25, 0.3) is 0 Å². The Morgan fingerprint density at radius 1 is 1.18 bits per heavy atom. The number of anilines is 1. The van der Waals surface area contributed by atoms with Crippen LogP contribution < -0.4 is 16.4 Å². The maximum Gasteiger partial charge on any atom is 0.264 e. The van der Waals surface area contributed by atoms with E-state index in [-0.39, 0.29) is 38.7 Å². The number of halogens is 3. The van der Waals surface area contributed by atoms with Crippen molar-refractivity contribution in [3.8, 4) is 0 Å². The molecule has 1 heterocycles. The van der Waals surface area contributed by atoms with Crippen LogP contribution in [0, 0.1) is 0 Å². The Kier molecular flexibility index (Phi) is 8.04. The molecule has 0 saturated carbocycles. The van der Waals surface area contributed by atoms with Crippen LogP contribution in [0.15, 0.2) is 55.6 Å². The van der Waals surface area contributed by atoms with Crippen LogP contribution in [0.1, 0.15) is 22.5 Å². The monoisotopic (exact) mass is 586 g/mol. The summed E-state index contributed by atoms with van der Waals surface area (Å²) in [6.45, 7) is -0.0460. The lowest BCUT2D eigenvalue weighted by molar-refractivity contribution is 0.597. The van der Waals surface area contributed by atoms with Crippen molar-refractivity contribution in [2.24, 2.45) is 10.1 Å². The first-order chi connectivity index (χ1) is 15.9. The van der Waals surface area contributed by atoms with E-state index in [2.05, 4.69) is 30.9 Å². The van der Waals surface area contributed by atoms with Crippen LogP contribution in [0.5, 0.6) is 0 Å². The van der Waals surface area contributed by atoms with E-state index in [4.69, 9.17) is 34.1 Å². The van der Waals surface area contributed by atoms with Crippen molar-refractivity contribution in [1.29, 1.82) is 0 Å². The van der Waals surface area contributed by atoms with Gasteiger partial charge in [-0.2, -0.15) is 0 Å². The van der Waals surface area contributed by atoms with E-state index in [0.29, 0.717) is 17.8 Å². The number of nitrogens with zero attached hydrogens (tertiary/aromatic N) is 3. The SMILES string of the molecule is CN(C)C(=NCc1c(Cl)cc(S(N)(=O)=O)cc1Cl)c1c(N)nc(Cc2ccc(Br)cc2)[nH]c1=O. The molecule has 34 heavy (non-hydrogen) atoms. The van der Waals surface area contributed by atoms with Gasteiger partial charge in [0.05, 0.1) is 11.4 Å². The minimum absolute atomic E-state index is 0.0186. The van der Waals surface area contributed by atoms with E-state index >= 15 is 0 Å². The molecular formula is C21H21BrCl2N6O3S. The molecule has 13 heteroatoms. The van der Waals surface area contributed by atoms with E-state index < -0.39 is 15.6 Å². The van der Waals surface area contributed by atoms with E-state index in [9.17, 15) is 13.2 Å². The molecule has 9 nitrogen and oxygen atoms in total. The summed E-state index contributed by atoms with van der Waals surface area (Å²) in [6, 6.07) is 10.0. The van der Waals surface area contributed by atoms with E-state index in [1.165, 1.54) is 12.1 Å². The lowest BCUT2D eigenvalue weighted by atomic mass is 10.1. The molecule has 0 aliphatic carbocycles. The highest BCUT2D eigenvalue weighted by Gasteiger charge is 2.19. The second-order valence-electron chi connectivity index (χ2n) is 7.52. The minimum atomic E-state index is -3.98.